The van der Waals surface area contributed by atoms with Crippen LogP contribution in [0, 0.1) is 6.92 Å². The second-order valence-corrected chi connectivity index (χ2v) is 4.42. The van der Waals surface area contributed by atoms with Gasteiger partial charge in [-0.2, -0.15) is 4.80 Å². The molecule has 7 heteroatoms. The molecule has 1 amide bonds. The molecule has 1 aromatic heterocycles. The number of anilines is 1. The molecule has 0 saturated heterocycles. The van der Waals surface area contributed by atoms with Crippen molar-refractivity contribution >= 4 is 11.9 Å². The molecule has 1 atom stereocenters. The molecule has 1 heterocycles. The molecule has 106 valence electrons. The maximum absolute atomic E-state index is 12.1. The lowest BCUT2D eigenvalue weighted by Gasteiger charge is -2.16. The van der Waals surface area contributed by atoms with Crippen molar-refractivity contribution in [3.05, 3.63) is 29.8 Å². The van der Waals surface area contributed by atoms with Crippen LogP contribution < -0.4 is 10.1 Å². The number of carbonyl (C=O) groups is 1. The van der Waals surface area contributed by atoms with Gasteiger partial charge in [-0.05, 0) is 36.3 Å². The summed E-state index contributed by atoms with van der Waals surface area (Å²) in [5.74, 6) is 0.546. The Morgan fingerprint density at radius 3 is 2.90 bits per heavy atom. The normalized spacial score (nSPS) is 11.9. The fraction of sp³-hybridized carbons (Fsp3) is 0.385. The minimum absolute atomic E-state index is 0.170. The molecule has 0 aliphatic rings. The molecule has 1 aromatic carbocycles. The van der Waals surface area contributed by atoms with E-state index in [-0.39, 0.29) is 11.9 Å². The average molecular weight is 275 g/mol. The Bertz CT molecular complexity index is 596. The second-order valence-electron chi connectivity index (χ2n) is 4.42. The van der Waals surface area contributed by atoms with Crippen LogP contribution in [0.15, 0.2) is 24.3 Å². The van der Waals surface area contributed by atoms with Crippen molar-refractivity contribution in [2.75, 3.05) is 5.32 Å². The Hall–Kier alpha value is -2.44. The van der Waals surface area contributed by atoms with Gasteiger partial charge in [0.15, 0.2) is 6.10 Å². The summed E-state index contributed by atoms with van der Waals surface area (Å²) in [6.45, 7) is 3.85. The fourth-order valence-corrected chi connectivity index (χ4v) is 1.70. The summed E-state index contributed by atoms with van der Waals surface area (Å²) in [6.07, 6.45) is -0.0550. The zero-order valence-electron chi connectivity index (χ0n) is 11.7. The molecule has 0 radical (unpaired) electrons. The highest BCUT2D eigenvalue weighted by Gasteiger charge is 2.20. The van der Waals surface area contributed by atoms with E-state index < -0.39 is 6.10 Å². The molecule has 0 saturated carbocycles. The predicted molar refractivity (Wildman–Crippen MR) is 73.3 cm³/mol. The molecule has 1 N–H and O–H groups in total. The smallest absolute Gasteiger partial charge is 0.270 e. The summed E-state index contributed by atoms with van der Waals surface area (Å²) in [4.78, 5) is 13.4. The minimum Gasteiger partial charge on any atom is -0.481 e. The van der Waals surface area contributed by atoms with E-state index >= 15 is 0 Å². The number of benzene rings is 1. The highest BCUT2D eigenvalue weighted by molar-refractivity contribution is 5.92. The molecule has 0 unspecified atom stereocenters. The van der Waals surface area contributed by atoms with Crippen LogP contribution in [-0.4, -0.2) is 32.2 Å². The third kappa shape index (κ3) is 3.53. The highest BCUT2D eigenvalue weighted by atomic mass is 16.5. The number of nitrogens with zero attached hydrogens (tertiary/aromatic N) is 4. The summed E-state index contributed by atoms with van der Waals surface area (Å²) in [6, 6.07) is 7.57. The van der Waals surface area contributed by atoms with Crippen molar-refractivity contribution in [1.82, 2.24) is 20.2 Å². The number of amides is 1. The lowest BCUT2D eigenvalue weighted by Crippen LogP contribution is -2.32. The quantitative estimate of drug-likeness (QED) is 0.889. The van der Waals surface area contributed by atoms with Gasteiger partial charge in [-0.1, -0.05) is 24.2 Å². The number of hydrogen-bond acceptors (Lipinski definition) is 5. The summed E-state index contributed by atoms with van der Waals surface area (Å²) in [5.41, 5.74) is 1.08. The third-order valence-corrected chi connectivity index (χ3v) is 2.67. The summed E-state index contributed by atoms with van der Waals surface area (Å²) in [5, 5.41) is 13.8. The summed E-state index contributed by atoms with van der Waals surface area (Å²) in [7, 11) is 1.63. The molecular formula is C13H17N5O2. The van der Waals surface area contributed by atoms with Gasteiger partial charge in [-0.25, -0.2) is 0 Å². The number of aromatic nitrogens is 4. The predicted octanol–water partition coefficient (Wildman–Crippen LogP) is 1.31. The van der Waals surface area contributed by atoms with E-state index in [9.17, 15) is 4.79 Å². The Balaban J connectivity index is 2.02. The molecule has 2 rings (SSSR count). The van der Waals surface area contributed by atoms with Crippen molar-refractivity contribution in [3.8, 4) is 5.75 Å². The van der Waals surface area contributed by atoms with E-state index in [1.807, 2.05) is 38.1 Å². The van der Waals surface area contributed by atoms with Crippen LogP contribution >= 0.6 is 0 Å². The van der Waals surface area contributed by atoms with E-state index in [0.717, 1.165) is 5.56 Å². The van der Waals surface area contributed by atoms with Crippen LogP contribution in [-0.2, 0) is 11.8 Å². The Kier molecular flexibility index (Phi) is 4.29. The molecule has 0 spiro atoms. The van der Waals surface area contributed by atoms with E-state index in [1.165, 1.54) is 4.80 Å². The first-order valence-electron chi connectivity index (χ1n) is 6.36. The van der Waals surface area contributed by atoms with Gasteiger partial charge >= 0.3 is 0 Å². The van der Waals surface area contributed by atoms with E-state index in [0.29, 0.717) is 12.2 Å². The maximum Gasteiger partial charge on any atom is 0.270 e. The molecule has 0 bridgehead atoms. The Labute approximate surface area is 116 Å². The van der Waals surface area contributed by atoms with Crippen molar-refractivity contribution < 1.29 is 9.53 Å². The number of rotatable bonds is 5. The van der Waals surface area contributed by atoms with Crippen LogP contribution in [0.1, 0.15) is 18.9 Å². The molecule has 0 fully saturated rings. The summed E-state index contributed by atoms with van der Waals surface area (Å²) >= 11 is 0. The number of hydrogen-bond donors (Lipinski definition) is 1. The first-order chi connectivity index (χ1) is 9.58. The molecular weight excluding hydrogens is 258 g/mol. The van der Waals surface area contributed by atoms with Gasteiger partial charge in [0.25, 0.3) is 11.9 Å². The topological polar surface area (TPSA) is 81.9 Å². The van der Waals surface area contributed by atoms with Gasteiger partial charge in [0, 0.05) is 0 Å². The van der Waals surface area contributed by atoms with Gasteiger partial charge in [0.2, 0.25) is 0 Å². The zero-order chi connectivity index (χ0) is 14.5. The van der Waals surface area contributed by atoms with Crippen LogP contribution in [0.25, 0.3) is 0 Å². The monoisotopic (exact) mass is 275 g/mol. The standard InChI is InChI=1S/C13H17N5O2/c1-4-11(20-10-7-5-6-9(2)8-10)12(19)14-13-15-17-18(3)16-13/h5-8,11H,4H2,1-3H3,(H,14,16,19)/t11-/m1/s1. The number of carbonyl (C=O) groups excluding carboxylic acids is 1. The van der Waals surface area contributed by atoms with Gasteiger partial charge in [-0.15, -0.1) is 5.10 Å². The van der Waals surface area contributed by atoms with Crippen molar-refractivity contribution in [3.63, 3.8) is 0 Å². The SMILES string of the molecule is CC[C@@H](Oc1cccc(C)c1)C(=O)Nc1nnn(C)n1. The molecule has 0 aliphatic heterocycles. The van der Waals surface area contributed by atoms with Crippen LogP contribution in [0.5, 0.6) is 5.75 Å². The lowest BCUT2D eigenvalue weighted by molar-refractivity contribution is -0.122. The Morgan fingerprint density at radius 2 is 2.30 bits per heavy atom. The van der Waals surface area contributed by atoms with E-state index in [2.05, 4.69) is 20.7 Å². The van der Waals surface area contributed by atoms with Gasteiger partial charge in [-0.3, -0.25) is 10.1 Å². The fourth-order valence-electron chi connectivity index (χ4n) is 1.70. The number of ether oxygens (including phenoxy) is 1. The Morgan fingerprint density at radius 1 is 1.50 bits per heavy atom. The second kappa shape index (κ2) is 6.14. The van der Waals surface area contributed by atoms with E-state index in [1.54, 1.807) is 7.05 Å². The van der Waals surface area contributed by atoms with Crippen molar-refractivity contribution in [2.24, 2.45) is 7.05 Å². The highest BCUT2D eigenvalue weighted by Crippen LogP contribution is 2.16. The average Bonchev–Trinajstić information content (AvgIpc) is 2.81. The maximum atomic E-state index is 12.1. The van der Waals surface area contributed by atoms with Crippen LogP contribution in [0.4, 0.5) is 5.95 Å². The van der Waals surface area contributed by atoms with Gasteiger partial charge < -0.3 is 4.74 Å². The van der Waals surface area contributed by atoms with Crippen LogP contribution in [0.2, 0.25) is 0 Å². The zero-order valence-corrected chi connectivity index (χ0v) is 11.7. The number of nitrogens with one attached hydrogen (secondary N) is 1. The molecule has 0 aliphatic carbocycles. The molecule has 2 aromatic rings. The van der Waals surface area contributed by atoms with Gasteiger partial charge in [0.1, 0.15) is 5.75 Å². The first kappa shape index (κ1) is 14.0. The van der Waals surface area contributed by atoms with Gasteiger partial charge in [0.05, 0.1) is 7.05 Å². The molecule has 20 heavy (non-hydrogen) atoms. The van der Waals surface area contributed by atoms with Crippen molar-refractivity contribution in [1.29, 1.82) is 0 Å². The molecule has 7 nitrogen and oxygen atoms in total. The largest absolute Gasteiger partial charge is 0.481 e. The van der Waals surface area contributed by atoms with Crippen LogP contribution in [0.3, 0.4) is 0 Å². The van der Waals surface area contributed by atoms with E-state index in [4.69, 9.17) is 4.74 Å². The number of aryl methyl sites for hydroxylation is 2. The first-order valence-corrected chi connectivity index (χ1v) is 6.36. The summed E-state index contributed by atoms with van der Waals surface area (Å²) < 4.78 is 5.69. The van der Waals surface area contributed by atoms with Crippen molar-refractivity contribution in [2.45, 2.75) is 26.4 Å². The number of tetrazole rings is 1. The minimum atomic E-state index is -0.597. The lowest BCUT2D eigenvalue weighted by atomic mass is 10.2. The third-order valence-electron chi connectivity index (χ3n) is 2.67.